The highest BCUT2D eigenvalue weighted by atomic mass is 16.5. The van der Waals surface area contributed by atoms with Gasteiger partial charge in [0.2, 0.25) is 5.91 Å². The van der Waals surface area contributed by atoms with Crippen LogP contribution < -0.4 is 5.32 Å². The van der Waals surface area contributed by atoms with Crippen LogP contribution in [-0.2, 0) is 11.2 Å². The highest BCUT2D eigenvalue weighted by molar-refractivity contribution is 5.93. The van der Waals surface area contributed by atoms with Crippen molar-refractivity contribution in [2.75, 3.05) is 5.32 Å². The molecule has 1 rings (SSSR count). The Hall–Kier alpha value is -1.32. The molecule has 1 aromatic heterocycles. The summed E-state index contributed by atoms with van der Waals surface area (Å²) >= 11 is 0. The third-order valence-electron chi connectivity index (χ3n) is 2.19. The summed E-state index contributed by atoms with van der Waals surface area (Å²) in [5, 5.41) is 6.59. The van der Waals surface area contributed by atoms with Gasteiger partial charge in [-0.1, -0.05) is 46.7 Å². The molecule has 0 radical (unpaired) electrons. The van der Waals surface area contributed by atoms with Crippen LogP contribution in [0, 0.1) is 10.8 Å². The van der Waals surface area contributed by atoms with E-state index in [9.17, 15) is 4.79 Å². The lowest BCUT2D eigenvalue weighted by Gasteiger charge is -2.16. The number of nitrogens with one attached hydrogen (secondary N) is 1. The maximum Gasteiger partial charge on any atom is 0.230 e. The van der Waals surface area contributed by atoms with Gasteiger partial charge in [-0.05, 0) is 5.41 Å². The van der Waals surface area contributed by atoms with Crippen LogP contribution in [-0.4, -0.2) is 11.1 Å². The van der Waals surface area contributed by atoms with Gasteiger partial charge in [-0.3, -0.25) is 4.79 Å². The van der Waals surface area contributed by atoms with Gasteiger partial charge in [0.25, 0.3) is 0 Å². The molecule has 0 atom stereocenters. The van der Waals surface area contributed by atoms with Crippen LogP contribution in [0.3, 0.4) is 0 Å². The van der Waals surface area contributed by atoms with E-state index in [-0.39, 0.29) is 11.3 Å². The molecule has 96 valence electrons. The first-order valence-electron chi connectivity index (χ1n) is 5.85. The summed E-state index contributed by atoms with van der Waals surface area (Å²) in [6, 6.07) is 1.79. The molecule has 1 aromatic rings. The Morgan fingerprint density at radius 2 is 1.88 bits per heavy atom. The molecule has 4 heteroatoms. The smallest absolute Gasteiger partial charge is 0.230 e. The van der Waals surface area contributed by atoms with Crippen molar-refractivity contribution in [3.63, 3.8) is 0 Å². The second kappa shape index (κ2) is 4.51. The molecule has 1 heterocycles. The zero-order valence-corrected chi connectivity index (χ0v) is 11.5. The van der Waals surface area contributed by atoms with E-state index in [0.717, 1.165) is 12.2 Å². The van der Waals surface area contributed by atoms with Gasteiger partial charge in [0.15, 0.2) is 5.82 Å². The number of aromatic nitrogens is 1. The highest BCUT2D eigenvalue weighted by Crippen LogP contribution is 2.23. The Bertz CT molecular complexity index is 394. The first kappa shape index (κ1) is 13.7. The third-order valence-corrected chi connectivity index (χ3v) is 2.19. The molecule has 0 aromatic carbocycles. The van der Waals surface area contributed by atoms with E-state index in [4.69, 9.17) is 4.52 Å². The zero-order chi connectivity index (χ0) is 13.3. The van der Waals surface area contributed by atoms with Crippen molar-refractivity contribution in [2.24, 2.45) is 10.8 Å². The average molecular weight is 238 g/mol. The Kier molecular flexibility index (Phi) is 3.65. The molecule has 4 nitrogen and oxygen atoms in total. The molecule has 0 saturated carbocycles. The topological polar surface area (TPSA) is 55.1 Å². The van der Waals surface area contributed by atoms with Crippen LogP contribution >= 0.6 is 0 Å². The van der Waals surface area contributed by atoms with Crippen LogP contribution in [0.15, 0.2) is 10.6 Å². The first-order chi connectivity index (χ1) is 7.58. The number of rotatable bonds is 2. The van der Waals surface area contributed by atoms with Gasteiger partial charge in [0.05, 0.1) is 0 Å². The monoisotopic (exact) mass is 238 g/mol. The van der Waals surface area contributed by atoms with E-state index in [2.05, 4.69) is 31.2 Å². The number of nitrogens with zero attached hydrogens (tertiary/aromatic N) is 1. The molecule has 0 aliphatic rings. The van der Waals surface area contributed by atoms with E-state index >= 15 is 0 Å². The summed E-state index contributed by atoms with van der Waals surface area (Å²) < 4.78 is 5.19. The van der Waals surface area contributed by atoms with Crippen molar-refractivity contribution in [3.8, 4) is 0 Å². The second-order valence-corrected chi connectivity index (χ2v) is 6.62. The van der Waals surface area contributed by atoms with Crippen LogP contribution in [0.4, 0.5) is 5.82 Å². The fourth-order valence-electron chi connectivity index (χ4n) is 1.28. The summed E-state index contributed by atoms with van der Waals surface area (Å²) in [6.45, 7) is 12.0. The molecule has 1 N–H and O–H groups in total. The molecule has 0 saturated heterocycles. The maximum absolute atomic E-state index is 11.7. The normalized spacial score (nSPS) is 12.6. The van der Waals surface area contributed by atoms with Crippen molar-refractivity contribution < 1.29 is 9.32 Å². The van der Waals surface area contributed by atoms with Crippen molar-refractivity contribution in [1.82, 2.24) is 5.16 Å². The van der Waals surface area contributed by atoms with E-state index in [1.54, 1.807) is 6.07 Å². The predicted octanol–water partition coefficient (Wildman–Crippen LogP) is 3.25. The molecular formula is C13H22N2O2. The van der Waals surface area contributed by atoms with Gasteiger partial charge in [0.1, 0.15) is 5.76 Å². The van der Waals surface area contributed by atoms with Gasteiger partial charge >= 0.3 is 0 Å². The molecule has 1 amide bonds. The summed E-state index contributed by atoms with van der Waals surface area (Å²) in [7, 11) is 0. The molecule has 0 bridgehead atoms. The Morgan fingerprint density at radius 3 is 2.35 bits per heavy atom. The summed E-state index contributed by atoms with van der Waals surface area (Å²) in [4.78, 5) is 11.7. The lowest BCUT2D eigenvalue weighted by atomic mass is 9.91. The van der Waals surface area contributed by atoms with Crippen LogP contribution in [0.2, 0.25) is 0 Å². The number of hydrogen-bond donors (Lipinski definition) is 1. The van der Waals surface area contributed by atoms with Gasteiger partial charge in [0, 0.05) is 17.9 Å². The minimum atomic E-state index is -0.427. The Balaban J connectivity index is 2.67. The lowest BCUT2D eigenvalue weighted by Crippen LogP contribution is -2.27. The minimum absolute atomic E-state index is 0.0619. The van der Waals surface area contributed by atoms with E-state index in [1.807, 2.05) is 20.8 Å². The quantitative estimate of drug-likeness (QED) is 0.860. The molecule has 17 heavy (non-hydrogen) atoms. The Morgan fingerprint density at radius 1 is 1.29 bits per heavy atom. The zero-order valence-electron chi connectivity index (χ0n) is 11.5. The number of carbonyl (C=O) groups is 1. The number of amides is 1. The molecule has 0 fully saturated rings. The fraction of sp³-hybridized carbons (Fsp3) is 0.692. The SMILES string of the molecule is CC(C)(C)Cc1cc(NC(=O)C(C)(C)C)no1. The molecule has 0 aliphatic heterocycles. The van der Waals surface area contributed by atoms with E-state index in [0.29, 0.717) is 5.82 Å². The molecule has 0 aliphatic carbocycles. The second-order valence-electron chi connectivity index (χ2n) is 6.62. The minimum Gasteiger partial charge on any atom is -0.359 e. The van der Waals surface area contributed by atoms with Crippen molar-refractivity contribution in [2.45, 2.75) is 48.0 Å². The largest absolute Gasteiger partial charge is 0.359 e. The van der Waals surface area contributed by atoms with Gasteiger partial charge in [-0.15, -0.1) is 0 Å². The maximum atomic E-state index is 11.7. The van der Waals surface area contributed by atoms with Gasteiger partial charge in [-0.25, -0.2) is 0 Å². The van der Waals surface area contributed by atoms with Crippen molar-refractivity contribution in [3.05, 3.63) is 11.8 Å². The summed E-state index contributed by atoms with van der Waals surface area (Å²) in [6.07, 6.45) is 0.797. The summed E-state index contributed by atoms with van der Waals surface area (Å²) in [5.41, 5.74) is -0.284. The summed E-state index contributed by atoms with van der Waals surface area (Å²) in [5.74, 6) is 1.22. The van der Waals surface area contributed by atoms with Crippen LogP contribution in [0.1, 0.15) is 47.3 Å². The first-order valence-corrected chi connectivity index (χ1v) is 5.85. The van der Waals surface area contributed by atoms with Crippen LogP contribution in [0.25, 0.3) is 0 Å². The predicted molar refractivity (Wildman–Crippen MR) is 67.7 cm³/mol. The lowest BCUT2D eigenvalue weighted by molar-refractivity contribution is -0.123. The van der Waals surface area contributed by atoms with E-state index < -0.39 is 5.41 Å². The molecule has 0 unspecified atom stereocenters. The average Bonchev–Trinajstić information content (AvgIpc) is 2.47. The number of carbonyl (C=O) groups excluding carboxylic acids is 1. The van der Waals surface area contributed by atoms with Crippen LogP contribution in [0.5, 0.6) is 0 Å². The van der Waals surface area contributed by atoms with Gasteiger partial charge < -0.3 is 9.84 Å². The van der Waals surface area contributed by atoms with Gasteiger partial charge in [-0.2, -0.15) is 0 Å². The number of anilines is 1. The number of hydrogen-bond acceptors (Lipinski definition) is 3. The molecule has 0 spiro atoms. The van der Waals surface area contributed by atoms with E-state index in [1.165, 1.54) is 0 Å². The standard InChI is InChI=1S/C13H22N2O2/c1-12(2,3)8-9-7-10(15-17-9)14-11(16)13(4,5)6/h7H,8H2,1-6H3,(H,14,15,16). The highest BCUT2D eigenvalue weighted by Gasteiger charge is 2.23. The fourth-order valence-corrected chi connectivity index (χ4v) is 1.28. The third kappa shape index (κ3) is 4.59. The van der Waals surface area contributed by atoms with Crippen molar-refractivity contribution in [1.29, 1.82) is 0 Å². The Labute approximate surface area is 103 Å². The molecular weight excluding hydrogens is 216 g/mol. The van der Waals surface area contributed by atoms with Crippen molar-refractivity contribution >= 4 is 11.7 Å².